The van der Waals surface area contributed by atoms with Crippen LogP contribution in [0.5, 0.6) is 11.5 Å². The molecule has 0 saturated carbocycles. The smallest absolute Gasteiger partial charge is 0.261 e. The van der Waals surface area contributed by atoms with E-state index in [4.69, 9.17) is 14.5 Å². The molecule has 0 atom stereocenters. The maximum atomic E-state index is 13.3. The van der Waals surface area contributed by atoms with Crippen molar-refractivity contribution in [1.82, 2.24) is 9.55 Å². The minimum absolute atomic E-state index is 0.0408. The summed E-state index contributed by atoms with van der Waals surface area (Å²) in [6, 6.07) is 23.3. The normalized spacial score (nSPS) is 11.5. The first-order valence-electron chi connectivity index (χ1n) is 11.2. The molecule has 0 fully saturated rings. The molecular weight excluding hydrogens is 412 g/mol. The summed E-state index contributed by atoms with van der Waals surface area (Å²) in [6.07, 6.45) is 0.685. The Morgan fingerprint density at radius 2 is 1.55 bits per heavy atom. The molecule has 5 nitrogen and oxygen atoms in total. The molecule has 0 bridgehead atoms. The van der Waals surface area contributed by atoms with Gasteiger partial charge in [0, 0.05) is 12.1 Å². The zero-order chi connectivity index (χ0) is 23.4. The summed E-state index contributed by atoms with van der Waals surface area (Å²) in [5, 5.41) is 0.619. The monoisotopic (exact) mass is 442 g/mol. The number of rotatable bonds is 7. The van der Waals surface area contributed by atoms with Gasteiger partial charge in [0.25, 0.3) is 5.56 Å². The summed E-state index contributed by atoms with van der Waals surface area (Å²) < 4.78 is 13.0. The van der Waals surface area contributed by atoms with Crippen molar-refractivity contribution in [2.45, 2.75) is 39.2 Å². The lowest BCUT2D eigenvalue weighted by molar-refractivity contribution is 0.301. The Morgan fingerprint density at radius 1 is 0.879 bits per heavy atom. The number of aromatic nitrogens is 2. The van der Waals surface area contributed by atoms with Crippen LogP contribution in [0, 0.1) is 0 Å². The highest BCUT2D eigenvalue weighted by atomic mass is 16.5. The highest BCUT2D eigenvalue weighted by Gasteiger charge is 2.14. The van der Waals surface area contributed by atoms with E-state index in [1.807, 2.05) is 60.7 Å². The Balaban J connectivity index is 1.55. The fourth-order valence-corrected chi connectivity index (χ4v) is 3.80. The predicted molar refractivity (Wildman–Crippen MR) is 133 cm³/mol. The molecule has 4 aromatic rings. The summed E-state index contributed by atoms with van der Waals surface area (Å²) in [5.74, 6) is 2.25. The molecule has 0 spiro atoms. The van der Waals surface area contributed by atoms with Crippen molar-refractivity contribution in [3.8, 4) is 22.9 Å². The number of fused-ring (bicyclic) bond motifs is 1. The molecule has 1 heterocycles. The number of ether oxygens (including phenoxy) is 2. The van der Waals surface area contributed by atoms with Gasteiger partial charge in [-0.3, -0.25) is 9.36 Å². The summed E-state index contributed by atoms with van der Waals surface area (Å²) in [6.45, 7) is 7.60. The quantitative estimate of drug-likeness (QED) is 0.338. The van der Waals surface area contributed by atoms with Crippen molar-refractivity contribution >= 4 is 10.9 Å². The maximum Gasteiger partial charge on any atom is 0.261 e. The Hall–Kier alpha value is -3.60. The highest BCUT2D eigenvalue weighted by Crippen LogP contribution is 2.25. The third-order valence-corrected chi connectivity index (χ3v) is 5.72. The van der Waals surface area contributed by atoms with Crippen LogP contribution in [0.15, 0.2) is 77.6 Å². The van der Waals surface area contributed by atoms with Gasteiger partial charge in [0.15, 0.2) is 0 Å². The Labute approximate surface area is 194 Å². The second-order valence-electron chi connectivity index (χ2n) is 9.11. The van der Waals surface area contributed by atoms with Gasteiger partial charge in [0.05, 0.1) is 24.6 Å². The molecule has 0 aliphatic carbocycles. The first-order chi connectivity index (χ1) is 15.9. The Kier molecular flexibility index (Phi) is 6.50. The third kappa shape index (κ3) is 5.08. The van der Waals surface area contributed by atoms with Crippen LogP contribution < -0.4 is 15.0 Å². The molecule has 0 amide bonds. The van der Waals surface area contributed by atoms with E-state index in [9.17, 15) is 4.79 Å². The van der Waals surface area contributed by atoms with Crippen molar-refractivity contribution in [2.24, 2.45) is 0 Å². The molecule has 0 saturated heterocycles. The van der Waals surface area contributed by atoms with Gasteiger partial charge in [-0.2, -0.15) is 0 Å². The van der Waals surface area contributed by atoms with E-state index in [-0.39, 0.29) is 11.0 Å². The molecule has 4 rings (SSSR count). The molecule has 0 unspecified atom stereocenters. The number of nitrogens with zero attached hydrogens (tertiary/aromatic N) is 2. The molecule has 0 aliphatic heterocycles. The van der Waals surface area contributed by atoms with Crippen LogP contribution in [-0.4, -0.2) is 23.3 Å². The summed E-state index contributed by atoms with van der Waals surface area (Å²) in [4.78, 5) is 18.1. The van der Waals surface area contributed by atoms with E-state index >= 15 is 0 Å². The van der Waals surface area contributed by atoms with Crippen LogP contribution in [0.1, 0.15) is 32.8 Å². The van der Waals surface area contributed by atoms with Crippen LogP contribution in [0.3, 0.4) is 0 Å². The lowest BCUT2D eigenvalue weighted by Crippen LogP contribution is -2.24. The zero-order valence-corrected chi connectivity index (χ0v) is 19.7. The van der Waals surface area contributed by atoms with Crippen LogP contribution in [0.25, 0.3) is 22.3 Å². The van der Waals surface area contributed by atoms with E-state index < -0.39 is 0 Å². The molecule has 0 radical (unpaired) electrons. The highest BCUT2D eigenvalue weighted by molar-refractivity contribution is 5.79. The Bertz CT molecular complexity index is 1280. The second kappa shape index (κ2) is 9.49. The molecule has 5 heteroatoms. The number of hydrogen-bond acceptors (Lipinski definition) is 4. The summed E-state index contributed by atoms with van der Waals surface area (Å²) >= 11 is 0. The van der Waals surface area contributed by atoms with Crippen molar-refractivity contribution in [3.05, 3.63) is 88.7 Å². The van der Waals surface area contributed by atoms with Crippen LogP contribution in [0.4, 0.5) is 0 Å². The number of methoxy groups -OCH3 is 1. The van der Waals surface area contributed by atoms with Crippen molar-refractivity contribution in [2.75, 3.05) is 13.7 Å². The third-order valence-electron chi connectivity index (χ3n) is 5.72. The fraction of sp³-hybridized carbons (Fsp3) is 0.286. The molecule has 33 heavy (non-hydrogen) atoms. The summed E-state index contributed by atoms with van der Waals surface area (Å²) in [5.41, 5.74) is 2.91. The maximum absolute atomic E-state index is 13.3. The van der Waals surface area contributed by atoms with Crippen LogP contribution in [-0.2, 0) is 12.0 Å². The van der Waals surface area contributed by atoms with Crippen LogP contribution in [0.2, 0.25) is 0 Å². The minimum Gasteiger partial charge on any atom is -0.497 e. The molecule has 170 valence electrons. The van der Waals surface area contributed by atoms with Crippen molar-refractivity contribution in [3.63, 3.8) is 0 Å². The number of para-hydroxylation sites is 1. The van der Waals surface area contributed by atoms with Gasteiger partial charge in [-0.15, -0.1) is 0 Å². The van der Waals surface area contributed by atoms with E-state index in [1.54, 1.807) is 11.7 Å². The second-order valence-corrected chi connectivity index (χ2v) is 9.11. The van der Waals surface area contributed by atoms with Gasteiger partial charge in [-0.05, 0) is 65.9 Å². The van der Waals surface area contributed by atoms with Gasteiger partial charge in [-0.25, -0.2) is 4.98 Å². The van der Waals surface area contributed by atoms with Crippen LogP contribution >= 0.6 is 0 Å². The largest absolute Gasteiger partial charge is 0.497 e. The molecule has 0 aliphatic rings. The number of benzene rings is 3. The first kappa shape index (κ1) is 22.6. The first-order valence-corrected chi connectivity index (χ1v) is 11.2. The molecule has 3 aromatic carbocycles. The van der Waals surface area contributed by atoms with E-state index in [0.29, 0.717) is 36.3 Å². The van der Waals surface area contributed by atoms with Gasteiger partial charge in [0.2, 0.25) is 0 Å². The average Bonchev–Trinajstić information content (AvgIpc) is 2.82. The van der Waals surface area contributed by atoms with Gasteiger partial charge >= 0.3 is 0 Å². The zero-order valence-electron chi connectivity index (χ0n) is 19.7. The van der Waals surface area contributed by atoms with E-state index in [1.165, 1.54) is 5.56 Å². The molecular formula is C28H30N2O3. The topological polar surface area (TPSA) is 53.3 Å². The fourth-order valence-electron chi connectivity index (χ4n) is 3.80. The molecule has 1 aromatic heterocycles. The summed E-state index contributed by atoms with van der Waals surface area (Å²) in [7, 11) is 1.63. The van der Waals surface area contributed by atoms with Gasteiger partial charge in [0.1, 0.15) is 17.3 Å². The Morgan fingerprint density at radius 3 is 2.21 bits per heavy atom. The van der Waals surface area contributed by atoms with Crippen molar-refractivity contribution < 1.29 is 9.47 Å². The van der Waals surface area contributed by atoms with Crippen molar-refractivity contribution in [1.29, 1.82) is 0 Å². The van der Waals surface area contributed by atoms with E-state index in [0.717, 1.165) is 17.1 Å². The standard InChI is InChI=1S/C28H30N2O3/c1-28(2,3)21-12-16-23(17-13-21)33-19-7-18-30-26(20-10-14-22(32-4)15-11-20)29-25-9-6-5-8-24(25)27(30)31/h5-6,8-17H,7,18-19H2,1-4H3. The number of hydrogen-bond donors (Lipinski definition) is 0. The predicted octanol–water partition coefficient (Wildman–Crippen LogP) is 5.84. The lowest BCUT2D eigenvalue weighted by Gasteiger charge is -2.19. The lowest BCUT2D eigenvalue weighted by atomic mass is 9.87. The van der Waals surface area contributed by atoms with E-state index in [2.05, 4.69) is 32.9 Å². The van der Waals surface area contributed by atoms with Gasteiger partial charge < -0.3 is 9.47 Å². The molecule has 0 N–H and O–H groups in total. The minimum atomic E-state index is -0.0408. The average molecular weight is 443 g/mol. The van der Waals surface area contributed by atoms with Gasteiger partial charge in [-0.1, -0.05) is 45.0 Å². The SMILES string of the molecule is COc1ccc(-c2nc3ccccc3c(=O)n2CCCOc2ccc(C(C)(C)C)cc2)cc1.